The van der Waals surface area contributed by atoms with E-state index in [9.17, 15) is 14.0 Å². The number of rotatable bonds is 6. The maximum absolute atomic E-state index is 13.6. The van der Waals surface area contributed by atoms with Crippen LogP contribution in [-0.4, -0.2) is 18.4 Å². The molecule has 0 radical (unpaired) electrons. The van der Waals surface area contributed by atoms with Gasteiger partial charge in [-0.3, -0.25) is 9.59 Å². The van der Waals surface area contributed by atoms with Crippen LogP contribution in [-0.2, 0) is 6.42 Å². The second-order valence-corrected chi connectivity index (χ2v) is 6.57. The summed E-state index contributed by atoms with van der Waals surface area (Å²) in [4.78, 5) is 24.5. The monoisotopic (exact) mass is 396 g/mol. The van der Waals surface area contributed by atoms with E-state index in [1.807, 2.05) is 0 Å². The molecule has 0 saturated heterocycles. The Morgan fingerprint density at radius 2 is 1.43 bits per heavy atom. The van der Waals surface area contributed by atoms with E-state index in [0.717, 1.165) is 0 Å². The molecule has 28 heavy (non-hydrogen) atoms. The zero-order chi connectivity index (χ0) is 19.9. The molecule has 0 aliphatic heterocycles. The largest absolute Gasteiger partial charge is 0.352 e. The van der Waals surface area contributed by atoms with Crippen molar-refractivity contribution < 1.29 is 14.0 Å². The van der Waals surface area contributed by atoms with Crippen LogP contribution in [0, 0.1) is 5.82 Å². The molecule has 3 aromatic carbocycles. The molecule has 6 heteroatoms. The third-order valence-electron chi connectivity index (χ3n) is 4.15. The van der Waals surface area contributed by atoms with Crippen molar-refractivity contribution >= 4 is 29.1 Å². The van der Waals surface area contributed by atoms with Crippen molar-refractivity contribution in [2.75, 3.05) is 11.9 Å². The molecule has 0 aliphatic carbocycles. The van der Waals surface area contributed by atoms with Gasteiger partial charge in [0.25, 0.3) is 11.8 Å². The standard InChI is InChI=1S/C22H18ClFN2O2/c23-18-9-11-19(12-10-18)26-22(28)17-7-5-16(6-8-17)21(27)25-14-13-15-3-1-2-4-20(15)24/h1-12H,13-14H2,(H,25,27)(H,26,28). The van der Waals surface area contributed by atoms with Crippen molar-refractivity contribution in [2.24, 2.45) is 0 Å². The van der Waals surface area contributed by atoms with Gasteiger partial charge in [0, 0.05) is 28.4 Å². The van der Waals surface area contributed by atoms with Crippen molar-refractivity contribution in [3.63, 3.8) is 0 Å². The lowest BCUT2D eigenvalue weighted by Gasteiger charge is -2.08. The molecule has 0 unspecified atom stereocenters. The van der Waals surface area contributed by atoms with Crippen LogP contribution in [0.4, 0.5) is 10.1 Å². The molecule has 3 rings (SSSR count). The number of amides is 2. The van der Waals surface area contributed by atoms with Gasteiger partial charge < -0.3 is 10.6 Å². The van der Waals surface area contributed by atoms with Crippen LogP contribution >= 0.6 is 11.6 Å². The van der Waals surface area contributed by atoms with Crippen LogP contribution in [0.15, 0.2) is 72.8 Å². The lowest BCUT2D eigenvalue weighted by atomic mass is 10.1. The van der Waals surface area contributed by atoms with Crippen LogP contribution in [0.25, 0.3) is 0 Å². The van der Waals surface area contributed by atoms with Gasteiger partial charge in [-0.05, 0) is 66.6 Å². The molecule has 0 atom stereocenters. The van der Waals surface area contributed by atoms with Gasteiger partial charge in [-0.25, -0.2) is 4.39 Å². The molecule has 0 saturated carbocycles. The third kappa shape index (κ3) is 5.18. The zero-order valence-corrected chi connectivity index (χ0v) is 15.7. The molecule has 3 aromatic rings. The van der Waals surface area contributed by atoms with Crippen LogP contribution in [0.5, 0.6) is 0 Å². The van der Waals surface area contributed by atoms with Crippen LogP contribution in [0.2, 0.25) is 5.02 Å². The summed E-state index contributed by atoms with van der Waals surface area (Å²) < 4.78 is 13.6. The van der Waals surface area contributed by atoms with Crippen molar-refractivity contribution in [2.45, 2.75) is 6.42 Å². The lowest BCUT2D eigenvalue weighted by Crippen LogP contribution is -2.26. The Labute approximate surface area is 167 Å². The number of hydrogen-bond acceptors (Lipinski definition) is 2. The Bertz CT molecular complexity index is 973. The SMILES string of the molecule is O=C(NCCc1ccccc1F)c1ccc(C(=O)Nc2ccc(Cl)cc2)cc1. The summed E-state index contributed by atoms with van der Waals surface area (Å²) in [6.07, 6.45) is 0.403. The highest BCUT2D eigenvalue weighted by Crippen LogP contribution is 2.15. The molecule has 4 nitrogen and oxygen atoms in total. The number of carbonyl (C=O) groups is 2. The molecular weight excluding hydrogens is 379 g/mol. The summed E-state index contributed by atoms with van der Waals surface area (Å²) in [5.74, 6) is -0.845. The summed E-state index contributed by atoms with van der Waals surface area (Å²) in [5, 5.41) is 6.09. The number of carbonyl (C=O) groups excluding carboxylic acids is 2. The van der Waals surface area contributed by atoms with Crippen molar-refractivity contribution in [3.8, 4) is 0 Å². The van der Waals surface area contributed by atoms with Gasteiger partial charge in [-0.2, -0.15) is 0 Å². The molecule has 2 N–H and O–H groups in total. The third-order valence-corrected chi connectivity index (χ3v) is 4.40. The van der Waals surface area contributed by atoms with E-state index in [-0.39, 0.29) is 17.6 Å². The van der Waals surface area contributed by atoms with Gasteiger partial charge in [0.2, 0.25) is 0 Å². The Balaban J connectivity index is 1.54. The molecule has 0 fully saturated rings. The van der Waals surface area contributed by atoms with Crippen LogP contribution < -0.4 is 10.6 Å². The predicted molar refractivity (Wildman–Crippen MR) is 108 cm³/mol. The van der Waals surface area contributed by atoms with Crippen molar-refractivity contribution in [1.29, 1.82) is 0 Å². The minimum atomic E-state index is -0.284. The number of nitrogens with one attached hydrogen (secondary N) is 2. The zero-order valence-electron chi connectivity index (χ0n) is 14.9. The minimum absolute atomic E-state index is 0.277. The summed E-state index contributed by atoms with van der Waals surface area (Å²) in [6, 6.07) is 19.6. The summed E-state index contributed by atoms with van der Waals surface area (Å²) in [7, 11) is 0. The highest BCUT2D eigenvalue weighted by atomic mass is 35.5. The summed E-state index contributed by atoms with van der Waals surface area (Å²) in [5.41, 5.74) is 2.04. The van der Waals surface area contributed by atoms with Crippen molar-refractivity contribution in [1.82, 2.24) is 5.32 Å². The number of halogens is 2. The molecule has 0 bridgehead atoms. The smallest absolute Gasteiger partial charge is 0.255 e. The molecular formula is C22H18ClFN2O2. The molecule has 0 aliphatic rings. The topological polar surface area (TPSA) is 58.2 Å². The van der Waals surface area contributed by atoms with Crippen LogP contribution in [0.3, 0.4) is 0 Å². The number of benzene rings is 3. The van der Waals surface area contributed by atoms with E-state index >= 15 is 0 Å². The maximum Gasteiger partial charge on any atom is 0.255 e. The molecule has 0 spiro atoms. The Morgan fingerprint density at radius 1 is 0.821 bits per heavy atom. The van der Waals surface area contributed by atoms with Gasteiger partial charge in [0.05, 0.1) is 0 Å². The van der Waals surface area contributed by atoms with E-state index in [1.54, 1.807) is 66.7 Å². The number of hydrogen-bond donors (Lipinski definition) is 2. The van der Waals surface area contributed by atoms with E-state index in [0.29, 0.717) is 40.4 Å². The summed E-state index contributed by atoms with van der Waals surface area (Å²) in [6.45, 7) is 0.318. The van der Waals surface area contributed by atoms with Gasteiger partial charge in [0.15, 0.2) is 0 Å². The van der Waals surface area contributed by atoms with E-state index in [1.165, 1.54) is 6.07 Å². The molecule has 0 heterocycles. The minimum Gasteiger partial charge on any atom is -0.352 e. The average Bonchev–Trinajstić information content (AvgIpc) is 2.71. The molecule has 0 aromatic heterocycles. The Kier molecular flexibility index (Phi) is 6.40. The lowest BCUT2D eigenvalue weighted by molar-refractivity contribution is 0.0952. The first kappa shape index (κ1) is 19.6. The average molecular weight is 397 g/mol. The van der Waals surface area contributed by atoms with E-state index < -0.39 is 0 Å². The molecule has 142 valence electrons. The van der Waals surface area contributed by atoms with E-state index in [2.05, 4.69) is 10.6 Å². The maximum atomic E-state index is 13.6. The van der Waals surface area contributed by atoms with E-state index in [4.69, 9.17) is 11.6 Å². The fraction of sp³-hybridized carbons (Fsp3) is 0.0909. The number of anilines is 1. The van der Waals surface area contributed by atoms with Gasteiger partial charge in [-0.1, -0.05) is 29.8 Å². The second-order valence-electron chi connectivity index (χ2n) is 6.14. The fourth-order valence-corrected chi connectivity index (χ4v) is 2.75. The normalized spacial score (nSPS) is 10.4. The van der Waals surface area contributed by atoms with Gasteiger partial charge in [0.1, 0.15) is 5.82 Å². The Morgan fingerprint density at radius 3 is 2.07 bits per heavy atom. The van der Waals surface area contributed by atoms with Crippen LogP contribution in [0.1, 0.15) is 26.3 Å². The molecule has 2 amide bonds. The van der Waals surface area contributed by atoms with Crippen molar-refractivity contribution in [3.05, 3.63) is 100 Å². The second kappa shape index (κ2) is 9.15. The highest BCUT2D eigenvalue weighted by Gasteiger charge is 2.10. The first-order valence-electron chi connectivity index (χ1n) is 8.71. The van der Waals surface area contributed by atoms with Gasteiger partial charge >= 0.3 is 0 Å². The predicted octanol–water partition coefficient (Wildman–Crippen LogP) is 4.70. The Hall–Kier alpha value is -3.18. The summed E-state index contributed by atoms with van der Waals surface area (Å²) >= 11 is 5.82. The van der Waals surface area contributed by atoms with Gasteiger partial charge in [-0.15, -0.1) is 0 Å². The highest BCUT2D eigenvalue weighted by molar-refractivity contribution is 6.30. The quantitative estimate of drug-likeness (QED) is 0.634. The first-order chi connectivity index (χ1) is 13.5. The first-order valence-corrected chi connectivity index (χ1v) is 9.09. The fourth-order valence-electron chi connectivity index (χ4n) is 2.62.